The molecule has 2 saturated heterocycles. The molecule has 2 unspecified atom stereocenters. The quantitative estimate of drug-likeness (QED) is 0.865. The van der Waals surface area contributed by atoms with Crippen molar-refractivity contribution < 1.29 is 4.39 Å². The Morgan fingerprint density at radius 3 is 2.29 bits per heavy atom. The van der Waals surface area contributed by atoms with Gasteiger partial charge in [-0.1, -0.05) is 30.1 Å². The highest BCUT2D eigenvalue weighted by molar-refractivity contribution is 6.39. The fourth-order valence-electron chi connectivity index (χ4n) is 3.84. The lowest BCUT2D eigenvalue weighted by molar-refractivity contribution is 0.356. The van der Waals surface area contributed by atoms with Crippen LogP contribution in [-0.4, -0.2) is 24.7 Å². The van der Waals surface area contributed by atoms with Gasteiger partial charge in [0, 0.05) is 18.1 Å². The minimum Gasteiger partial charge on any atom is -0.363 e. The zero-order valence-electron chi connectivity index (χ0n) is 12.2. The minimum atomic E-state index is -0.374. The highest BCUT2D eigenvalue weighted by Gasteiger charge is 2.42. The summed E-state index contributed by atoms with van der Waals surface area (Å²) in [6, 6.07) is 4.22. The van der Waals surface area contributed by atoms with Crippen LogP contribution < -0.4 is 10.2 Å². The van der Waals surface area contributed by atoms with E-state index < -0.39 is 0 Å². The van der Waals surface area contributed by atoms with Gasteiger partial charge in [0.2, 0.25) is 0 Å². The van der Waals surface area contributed by atoms with E-state index in [2.05, 4.69) is 17.1 Å². The maximum absolute atomic E-state index is 13.4. The van der Waals surface area contributed by atoms with Crippen LogP contribution in [0, 0.1) is 5.82 Å². The van der Waals surface area contributed by atoms with Crippen molar-refractivity contribution in [2.24, 2.45) is 0 Å². The molecule has 0 saturated carbocycles. The van der Waals surface area contributed by atoms with Crippen molar-refractivity contribution in [3.63, 3.8) is 0 Å². The number of nitrogens with one attached hydrogen (secondary N) is 1. The van der Waals surface area contributed by atoms with Crippen LogP contribution in [0.4, 0.5) is 10.1 Å². The first-order valence-electron chi connectivity index (χ1n) is 7.76. The fourth-order valence-corrected chi connectivity index (χ4v) is 4.49. The summed E-state index contributed by atoms with van der Waals surface area (Å²) in [6.07, 6.45) is 5.71. The average molecular weight is 331 g/mol. The van der Waals surface area contributed by atoms with Crippen LogP contribution in [0.15, 0.2) is 12.1 Å². The summed E-state index contributed by atoms with van der Waals surface area (Å²) in [5.74, 6) is -0.374. The van der Waals surface area contributed by atoms with Gasteiger partial charge in [-0.05, 0) is 50.8 Å². The fraction of sp³-hybridized carbons (Fsp3) is 0.625. The van der Waals surface area contributed by atoms with E-state index in [1.165, 1.54) is 25.0 Å². The van der Waals surface area contributed by atoms with Gasteiger partial charge in [0.05, 0.1) is 15.7 Å². The molecule has 5 heteroatoms. The van der Waals surface area contributed by atoms with Crippen LogP contribution in [0.5, 0.6) is 0 Å². The van der Waals surface area contributed by atoms with E-state index in [0.717, 1.165) is 31.5 Å². The molecule has 0 aromatic heterocycles. The van der Waals surface area contributed by atoms with E-state index in [-0.39, 0.29) is 5.82 Å². The summed E-state index contributed by atoms with van der Waals surface area (Å²) in [5, 5.41) is 4.49. The average Bonchev–Trinajstić information content (AvgIpc) is 2.68. The van der Waals surface area contributed by atoms with Crippen molar-refractivity contribution >= 4 is 28.9 Å². The van der Waals surface area contributed by atoms with E-state index in [4.69, 9.17) is 23.2 Å². The molecule has 0 spiro atoms. The van der Waals surface area contributed by atoms with E-state index in [1.807, 2.05) is 0 Å². The number of benzene rings is 1. The number of nitrogens with zero attached hydrogens (tertiary/aromatic N) is 1. The van der Waals surface area contributed by atoms with Crippen molar-refractivity contribution in [1.82, 2.24) is 5.32 Å². The predicted octanol–water partition coefficient (Wildman–Crippen LogP) is 4.63. The molecule has 116 valence electrons. The Labute approximate surface area is 135 Å². The minimum absolute atomic E-state index is 0.374. The van der Waals surface area contributed by atoms with Crippen LogP contribution in [0.3, 0.4) is 0 Å². The third kappa shape index (κ3) is 3.01. The van der Waals surface area contributed by atoms with Crippen LogP contribution in [-0.2, 0) is 0 Å². The van der Waals surface area contributed by atoms with Crippen molar-refractivity contribution in [1.29, 1.82) is 0 Å². The van der Waals surface area contributed by atoms with Crippen molar-refractivity contribution in [3.05, 3.63) is 28.0 Å². The summed E-state index contributed by atoms with van der Waals surface area (Å²) in [4.78, 5) is 2.34. The van der Waals surface area contributed by atoms with Gasteiger partial charge in [-0.3, -0.25) is 0 Å². The number of anilines is 1. The van der Waals surface area contributed by atoms with Gasteiger partial charge >= 0.3 is 0 Å². The van der Waals surface area contributed by atoms with Gasteiger partial charge in [0.1, 0.15) is 5.82 Å². The third-order valence-corrected chi connectivity index (χ3v) is 5.23. The molecule has 1 aromatic carbocycles. The Hall–Kier alpha value is -0.510. The molecule has 2 aliphatic rings. The van der Waals surface area contributed by atoms with Crippen molar-refractivity contribution in [3.8, 4) is 0 Å². The number of fused-ring (bicyclic) bond motifs is 2. The zero-order valence-corrected chi connectivity index (χ0v) is 13.7. The molecule has 2 atom stereocenters. The largest absolute Gasteiger partial charge is 0.363 e. The molecule has 1 aromatic rings. The molecule has 3 rings (SSSR count). The summed E-state index contributed by atoms with van der Waals surface area (Å²) in [7, 11) is 0. The van der Waals surface area contributed by atoms with Crippen LogP contribution in [0.25, 0.3) is 0 Å². The van der Waals surface area contributed by atoms with Crippen LogP contribution in [0.1, 0.15) is 39.0 Å². The van der Waals surface area contributed by atoms with Crippen molar-refractivity contribution in [2.45, 2.75) is 57.2 Å². The summed E-state index contributed by atoms with van der Waals surface area (Å²) in [5.41, 5.74) is 0.821. The smallest absolute Gasteiger partial charge is 0.126 e. The number of halogens is 3. The van der Waals surface area contributed by atoms with E-state index in [0.29, 0.717) is 28.2 Å². The molecular formula is C16H21Cl2FN2. The monoisotopic (exact) mass is 330 g/mol. The molecule has 2 nitrogen and oxygen atoms in total. The molecule has 21 heavy (non-hydrogen) atoms. The Bertz CT molecular complexity index is 486. The number of rotatable bonds is 4. The maximum atomic E-state index is 13.4. The Morgan fingerprint density at radius 1 is 1.19 bits per heavy atom. The lowest BCUT2D eigenvalue weighted by Gasteiger charge is -2.41. The summed E-state index contributed by atoms with van der Waals surface area (Å²) < 4.78 is 13.4. The van der Waals surface area contributed by atoms with Crippen molar-refractivity contribution in [2.75, 3.05) is 11.4 Å². The Balaban J connectivity index is 1.82. The second-order valence-corrected chi connectivity index (χ2v) is 6.95. The maximum Gasteiger partial charge on any atom is 0.126 e. The second kappa shape index (κ2) is 6.31. The second-order valence-electron chi connectivity index (χ2n) is 6.13. The molecule has 1 N–H and O–H groups in total. The van der Waals surface area contributed by atoms with E-state index in [9.17, 15) is 4.39 Å². The first kappa shape index (κ1) is 15.4. The molecule has 0 radical (unpaired) electrons. The highest BCUT2D eigenvalue weighted by Crippen LogP contribution is 2.45. The first-order chi connectivity index (χ1) is 10.1. The molecule has 0 aliphatic carbocycles. The van der Waals surface area contributed by atoms with E-state index >= 15 is 0 Å². The lowest BCUT2D eigenvalue weighted by Crippen LogP contribution is -2.49. The van der Waals surface area contributed by atoms with Gasteiger partial charge in [-0.25, -0.2) is 4.39 Å². The standard InChI is InChI=1S/C16H21Cl2FN2/c1-2-5-20-11-8-12-3-4-13(9-11)21(12)16-14(17)6-10(19)7-15(16)18/h6-7,11-13,20H,2-5,8-9H2,1H3. The lowest BCUT2D eigenvalue weighted by atomic mass is 9.96. The van der Waals surface area contributed by atoms with E-state index in [1.54, 1.807) is 0 Å². The summed E-state index contributed by atoms with van der Waals surface area (Å²) in [6.45, 7) is 3.26. The predicted molar refractivity (Wildman–Crippen MR) is 87.0 cm³/mol. The summed E-state index contributed by atoms with van der Waals surface area (Å²) >= 11 is 12.5. The Morgan fingerprint density at radius 2 is 1.76 bits per heavy atom. The van der Waals surface area contributed by atoms with Crippen LogP contribution >= 0.6 is 23.2 Å². The number of piperidine rings is 1. The SMILES string of the molecule is CCCNC1CC2CCC(C1)N2c1c(Cl)cc(F)cc1Cl. The molecular weight excluding hydrogens is 310 g/mol. The Kier molecular flexibility index (Phi) is 4.63. The van der Waals surface area contributed by atoms with Gasteiger partial charge in [-0.2, -0.15) is 0 Å². The third-order valence-electron chi connectivity index (χ3n) is 4.66. The van der Waals surface area contributed by atoms with Crippen LogP contribution in [0.2, 0.25) is 10.0 Å². The molecule has 2 bridgehead atoms. The topological polar surface area (TPSA) is 15.3 Å². The number of hydrogen-bond donors (Lipinski definition) is 1. The molecule has 2 fully saturated rings. The highest BCUT2D eigenvalue weighted by atomic mass is 35.5. The molecule has 2 heterocycles. The zero-order chi connectivity index (χ0) is 15.0. The van der Waals surface area contributed by atoms with Gasteiger partial charge in [0.15, 0.2) is 0 Å². The first-order valence-corrected chi connectivity index (χ1v) is 8.52. The number of hydrogen-bond acceptors (Lipinski definition) is 2. The molecule has 0 amide bonds. The molecule has 2 aliphatic heterocycles. The van der Waals surface area contributed by atoms with Gasteiger partial charge < -0.3 is 10.2 Å². The van der Waals surface area contributed by atoms with Gasteiger partial charge in [0.25, 0.3) is 0 Å². The normalized spacial score (nSPS) is 28.2. The van der Waals surface area contributed by atoms with Gasteiger partial charge in [-0.15, -0.1) is 0 Å².